The van der Waals surface area contributed by atoms with Crippen LogP contribution in [0.5, 0.6) is 5.75 Å². The summed E-state index contributed by atoms with van der Waals surface area (Å²) in [6.07, 6.45) is 0. The van der Waals surface area contributed by atoms with Gasteiger partial charge in [-0.25, -0.2) is 0 Å². The van der Waals surface area contributed by atoms with Gasteiger partial charge in [0.25, 0.3) is 0 Å². The number of benzene rings is 1. The molecule has 0 atom stereocenters. The molecule has 20 heavy (non-hydrogen) atoms. The van der Waals surface area contributed by atoms with Crippen molar-refractivity contribution in [3.05, 3.63) is 44.0 Å². The molecule has 0 saturated heterocycles. The number of nitrogens with one attached hydrogen (secondary N) is 1. The molecule has 106 valence electrons. The van der Waals surface area contributed by atoms with Crippen molar-refractivity contribution in [1.29, 1.82) is 0 Å². The van der Waals surface area contributed by atoms with E-state index in [0.717, 1.165) is 17.0 Å². The monoisotopic (exact) mass is 312 g/mol. The molecule has 0 spiro atoms. The van der Waals surface area contributed by atoms with Crippen LogP contribution in [0.25, 0.3) is 0 Å². The molecule has 0 saturated carbocycles. The fraction of sp³-hybridized carbons (Fsp3) is 0.231. The third kappa shape index (κ3) is 3.20. The smallest absolute Gasteiger partial charge is 0.307 e. The molecule has 0 fully saturated rings. The van der Waals surface area contributed by atoms with Crippen molar-refractivity contribution in [2.24, 2.45) is 0 Å². The van der Waals surface area contributed by atoms with Crippen molar-refractivity contribution in [1.82, 2.24) is 4.57 Å². The van der Waals surface area contributed by atoms with Crippen LogP contribution < -0.4 is 14.9 Å². The zero-order valence-electron chi connectivity index (χ0n) is 11.0. The normalized spacial score (nSPS) is 10.3. The summed E-state index contributed by atoms with van der Waals surface area (Å²) in [7, 11) is 1.51. The molecule has 1 amide bonds. The fourth-order valence-electron chi connectivity index (χ4n) is 1.71. The minimum atomic E-state index is -0.311. The van der Waals surface area contributed by atoms with Crippen LogP contribution >= 0.6 is 22.9 Å². The van der Waals surface area contributed by atoms with E-state index in [-0.39, 0.29) is 17.3 Å². The number of anilines is 1. The van der Waals surface area contributed by atoms with E-state index < -0.39 is 0 Å². The minimum absolute atomic E-state index is 0.0379. The van der Waals surface area contributed by atoms with E-state index in [1.165, 1.54) is 11.7 Å². The first-order valence-corrected chi connectivity index (χ1v) is 7.05. The number of hydrogen-bond donors (Lipinski definition) is 1. The Kier molecular flexibility index (Phi) is 4.46. The molecule has 0 radical (unpaired) electrons. The molecule has 1 heterocycles. The Balaban J connectivity index is 2.16. The lowest BCUT2D eigenvalue weighted by Crippen LogP contribution is -2.25. The second kappa shape index (κ2) is 6.11. The first-order valence-electron chi connectivity index (χ1n) is 5.79. The standard InChI is InChI=1S/C13H13ClN2O3S/c1-8-7-20-13(18)16(8)6-12(17)15-10-5-9(14)3-4-11(10)19-2/h3-5,7H,6H2,1-2H3,(H,15,17). The molecule has 0 unspecified atom stereocenters. The zero-order valence-corrected chi connectivity index (χ0v) is 12.5. The highest BCUT2D eigenvalue weighted by Crippen LogP contribution is 2.27. The van der Waals surface area contributed by atoms with Gasteiger partial charge in [-0.15, -0.1) is 0 Å². The van der Waals surface area contributed by atoms with Gasteiger partial charge in [0.15, 0.2) is 0 Å². The molecule has 5 nitrogen and oxygen atoms in total. The van der Waals surface area contributed by atoms with Crippen LogP contribution in [-0.2, 0) is 11.3 Å². The third-order valence-electron chi connectivity index (χ3n) is 2.71. The van der Waals surface area contributed by atoms with Crippen LogP contribution in [0.15, 0.2) is 28.4 Å². The van der Waals surface area contributed by atoms with Gasteiger partial charge in [0.1, 0.15) is 12.3 Å². The van der Waals surface area contributed by atoms with Gasteiger partial charge < -0.3 is 10.1 Å². The minimum Gasteiger partial charge on any atom is -0.495 e. The van der Waals surface area contributed by atoms with Crippen molar-refractivity contribution in [2.75, 3.05) is 12.4 Å². The summed E-state index contributed by atoms with van der Waals surface area (Å²) in [6.45, 7) is 1.75. The topological polar surface area (TPSA) is 60.3 Å². The van der Waals surface area contributed by atoms with Crippen molar-refractivity contribution in [3.8, 4) is 5.75 Å². The van der Waals surface area contributed by atoms with Gasteiger partial charge in [0.05, 0.1) is 12.8 Å². The molecular formula is C13H13ClN2O3S. The van der Waals surface area contributed by atoms with Gasteiger partial charge in [-0.1, -0.05) is 22.9 Å². The molecule has 0 bridgehead atoms. The lowest BCUT2D eigenvalue weighted by atomic mass is 10.3. The van der Waals surface area contributed by atoms with Crippen molar-refractivity contribution < 1.29 is 9.53 Å². The highest BCUT2D eigenvalue weighted by atomic mass is 35.5. The second-order valence-corrected chi connectivity index (χ2v) is 5.38. The van der Waals surface area contributed by atoms with Gasteiger partial charge in [0, 0.05) is 16.1 Å². The molecule has 2 aromatic rings. The van der Waals surface area contributed by atoms with E-state index in [1.54, 1.807) is 30.5 Å². The Bertz CT molecular complexity index is 693. The zero-order chi connectivity index (χ0) is 14.7. The van der Waals surface area contributed by atoms with E-state index in [2.05, 4.69) is 5.32 Å². The average Bonchev–Trinajstić information content (AvgIpc) is 2.71. The van der Waals surface area contributed by atoms with Crippen LogP contribution in [0.2, 0.25) is 5.02 Å². The van der Waals surface area contributed by atoms with E-state index in [9.17, 15) is 9.59 Å². The SMILES string of the molecule is COc1ccc(Cl)cc1NC(=O)Cn1c(C)csc1=O. The summed E-state index contributed by atoms with van der Waals surface area (Å²) in [5.74, 6) is 0.200. The molecule has 0 aliphatic rings. The molecule has 1 N–H and O–H groups in total. The molecule has 1 aromatic carbocycles. The van der Waals surface area contributed by atoms with E-state index in [0.29, 0.717) is 16.5 Å². The maximum Gasteiger partial charge on any atom is 0.307 e. The van der Waals surface area contributed by atoms with E-state index >= 15 is 0 Å². The van der Waals surface area contributed by atoms with Gasteiger partial charge in [-0.3, -0.25) is 14.2 Å². The maximum atomic E-state index is 12.0. The number of halogens is 1. The largest absolute Gasteiger partial charge is 0.495 e. The molecule has 2 rings (SSSR count). The second-order valence-electron chi connectivity index (χ2n) is 4.12. The fourth-order valence-corrected chi connectivity index (χ4v) is 2.61. The van der Waals surface area contributed by atoms with Crippen LogP contribution in [0.4, 0.5) is 5.69 Å². The van der Waals surface area contributed by atoms with Crippen molar-refractivity contribution in [3.63, 3.8) is 0 Å². The van der Waals surface area contributed by atoms with Crippen LogP contribution in [-0.4, -0.2) is 17.6 Å². The van der Waals surface area contributed by atoms with Gasteiger partial charge in [0.2, 0.25) is 5.91 Å². The molecular weight excluding hydrogens is 300 g/mol. The van der Waals surface area contributed by atoms with E-state index in [1.807, 2.05) is 0 Å². The lowest BCUT2D eigenvalue weighted by molar-refractivity contribution is -0.116. The summed E-state index contributed by atoms with van der Waals surface area (Å²) >= 11 is 6.96. The maximum absolute atomic E-state index is 12.0. The Labute approximate surface area is 124 Å². The predicted molar refractivity (Wildman–Crippen MR) is 79.9 cm³/mol. The Morgan fingerprint density at radius 2 is 2.25 bits per heavy atom. The van der Waals surface area contributed by atoms with Crippen LogP contribution in [0, 0.1) is 6.92 Å². The number of methoxy groups -OCH3 is 1. The average molecular weight is 313 g/mol. The van der Waals surface area contributed by atoms with Gasteiger partial charge >= 0.3 is 4.87 Å². The quantitative estimate of drug-likeness (QED) is 0.943. The predicted octanol–water partition coefficient (Wildman–Crippen LogP) is 2.52. The lowest BCUT2D eigenvalue weighted by Gasteiger charge is -2.11. The summed E-state index contributed by atoms with van der Waals surface area (Å²) in [4.78, 5) is 23.4. The summed E-state index contributed by atoms with van der Waals surface area (Å²) in [5.41, 5.74) is 1.24. The number of carbonyl (C=O) groups excluding carboxylic acids is 1. The van der Waals surface area contributed by atoms with Crippen LogP contribution in [0.1, 0.15) is 5.69 Å². The number of ether oxygens (including phenoxy) is 1. The van der Waals surface area contributed by atoms with Crippen molar-refractivity contribution >= 4 is 34.5 Å². The number of amides is 1. The number of thiazole rings is 1. The third-order valence-corrected chi connectivity index (χ3v) is 3.83. The molecule has 1 aromatic heterocycles. The number of nitrogens with zero attached hydrogens (tertiary/aromatic N) is 1. The van der Waals surface area contributed by atoms with E-state index in [4.69, 9.17) is 16.3 Å². The first-order chi connectivity index (χ1) is 9.51. The Morgan fingerprint density at radius 1 is 1.50 bits per heavy atom. The molecule has 7 heteroatoms. The number of carbonyl (C=O) groups is 1. The highest BCUT2D eigenvalue weighted by Gasteiger charge is 2.11. The summed E-state index contributed by atoms with van der Waals surface area (Å²) in [5, 5.41) is 4.90. The summed E-state index contributed by atoms with van der Waals surface area (Å²) < 4.78 is 6.56. The Hall–Kier alpha value is -1.79. The van der Waals surface area contributed by atoms with Crippen LogP contribution in [0.3, 0.4) is 0 Å². The number of rotatable bonds is 4. The number of aryl methyl sites for hydroxylation is 1. The number of aromatic nitrogens is 1. The summed E-state index contributed by atoms with van der Waals surface area (Å²) in [6, 6.07) is 4.94. The number of hydrogen-bond acceptors (Lipinski definition) is 4. The molecule has 0 aliphatic carbocycles. The first kappa shape index (κ1) is 14.6. The highest BCUT2D eigenvalue weighted by molar-refractivity contribution is 7.07. The molecule has 0 aliphatic heterocycles. The van der Waals surface area contributed by atoms with Crippen molar-refractivity contribution in [2.45, 2.75) is 13.5 Å². The van der Waals surface area contributed by atoms with Gasteiger partial charge in [-0.05, 0) is 25.1 Å². The Morgan fingerprint density at radius 3 is 2.85 bits per heavy atom. The van der Waals surface area contributed by atoms with Gasteiger partial charge in [-0.2, -0.15) is 0 Å².